The number of carboxylic acids is 1. The van der Waals surface area contributed by atoms with Crippen molar-refractivity contribution in [1.82, 2.24) is 16.0 Å². The Morgan fingerprint density at radius 3 is 2.26 bits per heavy atom. The molecule has 7 nitrogen and oxygen atoms in total. The molecule has 4 N–H and O–H groups in total. The number of hydrogen-bond donors (Lipinski definition) is 4. The van der Waals surface area contributed by atoms with Crippen molar-refractivity contribution < 1.29 is 19.5 Å². The standard InChI is InChI=1S/C15H20ClN3O4/c1-9(2)13(14(21)22)19-12(20)8-18-15(23)17-7-10-3-5-11(16)6-4-10/h3-6,9,13H,7-8H2,1-2H3,(H,19,20)(H,21,22)(H2,17,18,23)/t13-/m0/s1. The van der Waals surface area contributed by atoms with Crippen molar-refractivity contribution in [3.63, 3.8) is 0 Å². The largest absolute Gasteiger partial charge is 0.480 e. The van der Waals surface area contributed by atoms with Gasteiger partial charge in [0.05, 0.1) is 6.54 Å². The van der Waals surface area contributed by atoms with Gasteiger partial charge in [-0.15, -0.1) is 0 Å². The van der Waals surface area contributed by atoms with E-state index in [1.165, 1.54) is 0 Å². The number of carbonyl (C=O) groups is 3. The molecule has 1 atom stereocenters. The van der Waals surface area contributed by atoms with Gasteiger partial charge in [0.2, 0.25) is 5.91 Å². The Morgan fingerprint density at radius 2 is 1.74 bits per heavy atom. The molecule has 0 radical (unpaired) electrons. The zero-order chi connectivity index (χ0) is 17.4. The molecule has 1 rings (SSSR count). The molecule has 0 aliphatic rings. The van der Waals surface area contributed by atoms with Crippen LogP contribution in [0.4, 0.5) is 4.79 Å². The third-order valence-electron chi connectivity index (χ3n) is 3.03. The molecule has 0 aliphatic heterocycles. The lowest BCUT2D eigenvalue weighted by Gasteiger charge is -2.18. The Bertz CT molecular complexity index is 560. The van der Waals surface area contributed by atoms with E-state index in [2.05, 4.69) is 16.0 Å². The number of amides is 3. The molecule has 0 spiro atoms. The minimum Gasteiger partial charge on any atom is -0.480 e. The van der Waals surface area contributed by atoms with E-state index in [1.54, 1.807) is 38.1 Å². The summed E-state index contributed by atoms with van der Waals surface area (Å²) in [7, 11) is 0. The Labute approximate surface area is 139 Å². The van der Waals surface area contributed by atoms with Crippen LogP contribution >= 0.6 is 11.6 Å². The van der Waals surface area contributed by atoms with Crippen LogP contribution in [-0.2, 0) is 16.1 Å². The molecule has 0 heterocycles. The average molecular weight is 342 g/mol. The van der Waals surface area contributed by atoms with Crippen molar-refractivity contribution >= 4 is 29.5 Å². The molecule has 0 fully saturated rings. The van der Waals surface area contributed by atoms with Crippen LogP contribution in [0.2, 0.25) is 5.02 Å². The molecule has 0 aliphatic carbocycles. The van der Waals surface area contributed by atoms with Gasteiger partial charge in [0.1, 0.15) is 6.04 Å². The van der Waals surface area contributed by atoms with Gasteiger partial charge in [-0.05, 0) is 23.6 Å². The van der Waals surface area contributed by atoms with Crippen molar-refractivity contribution in [2.45, 2.75) is 26.4 Å². The lowest BCUT2D eigenvalue weighted by molar-refractivity contribution is -0.142. The summed E-state index contributed by atoms with van der Waals surface area (Å²) < 4.78 is 0. The number of halogens is 1. The van der Waals surface area contributed by atoms with Crippen LogP contribution < -0.4 is 16.0 Å². The van der Waals surface area contributed by atoms with Crippen molar-refractivity contribution in [3.8, 4) is 0 Å². The molecule has 0 saturated heterocycles. The van der Waals surface area contributed by atoms with Gasteiger partial charge >= 0.3 is 12.0 Å². The topological polar surface area (TPSA) is 108 Å². The van der Waals surface area contributed by atoms with Gasteiger partial charge < -0.3 is 21.1 Å². The van der Waals surface area contributed by atoms with E-state index in [4.69, 9.17) is 16.7 Å². The molecule has 0 bridgehead atoms. The smallest absolute Gasteiger partial charge is 0.326 e. The highest BCUT2D eigenvalue weighted by Gasteiger charge is 2.23. The monoisotopic (exact) mass is 341 g/mol. The van der Waals surface area contributed by atoms with Gasteiger partial charge in [0.15, 0.2) is 0 Å². The number of urea groups is 1. The maximum atomic E-state index is 11.6. The van der Waals surface area contributed by atoms with Crippen LogP contribution in [0.5, 0.6) is 0 Å². The van der Waals surface area contributed by atoms with Crippen molar-refractivity contribution in [1.29, 1.82) is 0 Å². The minimum absolute atomic E-state index is 0.254. The Balaban J connectivity index is 2.33. The number of carbonyl (C=O) groups excluding carboxylic acids is 2. The number of carboxylic acid groups (broad SMARTS) is 1. The zero-order valence-corrected chi connectivity index (χ0v) is 13.7. The number of hydrogen-bond acceptors (Lipinski definition) is 3. The fourth-order valence-corrected chi connectivity index (χ4v) is 1.87. The van der Waals surface area contributed by atoms with Gasteiger partial charge in [-0.25, -0.2) is 9.59 Å². The van der Waals surface area contributed by atoms with Crippen molar-refractivity contribution in [2.24, 2.45) is 5.92 Å². The first-order chi connectivity index (χ1) is 10.8. The van der Waals surface area contributed by atoms with Crippen LogP contribution in [0, 0.1) is 5.92 Å². The second-order valence-electron chi connectivity index (χ2n) is 5.29. The third kappa shape index (κ3) is 7.01. The molecule has 8 heteroatoms. The first-order valence-electron chi connectivity index (χ1n) is 7.08. The van der Waals surface area contributed by atoms with E-state index in [-0.39, 0.29) is 19.0 Å². The molecule has 0 aromatic heterocycles. The average Bonchev–Trinajstić information content (AvgIpc) is 2.49. The summed E-state index contributed by atoms with van der Waals surface area (Å²) in [6, 6.07) is 5.46. The summed E-state index contributed by atoms with van der Waals surface area (Å²) in [5.74, 6) is -1.93. The first-order valence-corrected chi connectivity index (χ1v) is 7.45. The quantitative estimate of drug-likeness (QED) is 0.600. The maximum absolute atomic E-state index is 11.6. The lowest BCUT2D eigenvalue weighted by Crippen LogP contribution is -2.49. The highest BCUT2D eigenvalue weighted by atomic mass is 35.5. The van der Waals surface area contributed by atoms with Crippen LogP contribution in [0.25, 0.3) is 0 Å². The van der Waals surface area contributed by atoms with Crippen LogP contribution in [0.15, 0.2) is 24.3 Å². The second kappa shape index (κ2) is 8.99. The SMILES string of the molecule is CC(C)[C@H](NC(=O)CNC(=O)NCc1ccc(Cl)cc1)C(=O)O. The van der Waals surface area contributed by atoms with Crippen LogP contribution in [-0.4, -0.2) is 35.6 Å². The molecule has 0 unspecified atom stereocenters. The molecule has 126 valence electrons. The molecular formula is C15H20ClN3O4. The summed E-state index contributed by atoms with van der Waals surface area (Å²) in [5, 5.41) is 16.9. The minimum atomic E-state index is -1.11. The zero-order valence-electron chi connectivity index (χ0n) is 12.9. The molecule has 1 aromatic carbocycles. The summed E-state index contributed by atoms with van der Waals surface area (Å²) >= 11 is 5.76. The fourth-order valence-electron chi connectivity index (χ4n) is 1.75. The highest BCUT2D eigenvalue weighted by molar-refractivity contribution is 6.30. The summed E-state index contributed by atoms with van der Waals surface area (Å²) in [5.41, 5.74) is 0.861. The van der Waals surface area contributed by atoms with Crippen molar-refractivity contribution in [2.75, 3.05) is 6.54 Å². The Morgan fingerprint density at radius 1 is 1.13 bits per heavy atom. The summed E-state index contributed by atoms with van der Waals surface area (Å²) in [6.07, 6.45) is 0. The highest BCUT2D eigenvalue weighted by Crippen LogP contribution is 2.08. The van der Waals surface area contributed by atoms with E-state index in [9.17, 15) is 14.4 Å². The van der Waals surface area contributed by atoms with E-state index < -0.39 is 23.9 Å². The third-order valence-corrected chi connectivity index (χ3v) is 3.28. The van der Waals surface area contributed by atoms with Crippen LogP contribution in [0.3, 0.4) is 0 Å². The predicted molar refractivity (Wildman–Crippen MR) is 86.1 cm³/mol. The number of rotatable bonds is 7. The van der Waals surface area contributed by atoms with Gasteiger partial charge in [-0.1, -0.05) is 37.6 Å². The second-order valence-corrected chi connectivity index (χ2v) is 5.73. The number of aliphatic carboxylic acids is 1. The van der Waals surface area contributed by atoms with Gasteiger partial charge in [0, 0.05) is 11.6 Å². The fraction of sp³-hybridized carbons (Fsp3) is 0.400. The Hall–Kier alpha value is -2.28. The van der Waals surface area contributed by atoms with E-state index in [0.29, 0.717) is 5.02 Å². The molecular weight excluding hydrogens is 322 g/mol. The Kier molecular flexibility index (Phi) is 7.34. The molecule has 1 aromatic rings. The van der Waals surface area contributed by atoms with E-state index in [0.717, 1.165) is 5.56 Å². The first kappa shape index (κ1) is 18.8. The normalized spacial score (nSPS) is 11.7. The van der Waals surface area contributed by atoms with E-state index >= 15 is 0 Å². The molecule has 0 saturated carbocycles. The van der Waals surface area contributed by atoms with E-state index in [1.807, 2.05) is 0 Å². The predicted octanol–water partition coefficient (Wildman–Crippen LogP) is 1.36. The molecule has 3 amide bonds. The number of nitrogens with one attached hydrogen (secondary N) is 3. The maximum Gasteiger partial charge on any atom is 0.326 e. The number of benzene rings is 1. The van der Waals surface area contributed by atoms with Crippen LogP contribution in [0.1, 0.15) is 19.4 Å². The van der Waals surface area contributed by atoms with Gasteiger partial charge in [0.25, 0.3) is 0 Å². The lowest BCUT2D eigenvalue weighted by atomic mass is 10.1. The summed E-state index contributed by atoms with van der Waals surface area (Å²) in [6.45, 7) is 3.36. The molecule has 23 heavy (non-hydrogen) atoms. The van der Waals surface area contributed by atoms with Gasteiger partial charge in [-0.2, -0.15) is 0 Å². The summed E-state index contributed by atoms with van der Waals surface area (Å²) in [4.78, 5) is 34.2. The van der Waals surface area contributed by atoms with Crippen molar-refractivity contribution in [3.05, 3.63) is 34.9 Å². The van der Waals surface area contributed by atoms with Gasteiger partial charge in [-0.3, -0.25) is 4.79 Å².